The van der Waals surface area contributed by atoms with E-state index in [0.29, 0.717) is 11.5 Å². The molecule has 0 bridgehead atoms. The summed E-state index contributed by atoms with van der Waals surface area (Å²) in [5, 5.41) is 1.86. The van der Waals surface area contributed by atoms with Crippen molar-refractivity contribution in [2.45, 2.75) is 20.0 Å². The number of carbonyl (C=O) groups is 1. The summed E-state index contributed by atoms with van der Waals surface area (Å²) in [4.78, 5) is 12.1. The Morgan fingerprint density at radius 1 is 1.32 bits per heavy atom. The molecule has 0 fully saturated rings. The second-order valence-corrected chi connectivity index (χ2v) is 4.91. The largest absolute Gasteiger partial charge is 0.489 e. The predicted octanol–water partition coefficient (Wildman–Crippen LogP) is 2.49. The number of thiophene rings is 1. The zero-order valence-electron chi connectivity index (χ0n) is 10.7. The summed E-state index contributed by atoms with van der Waals surface area (Å²) in [6, 6.07) is 9.79. The number of aryl methyl sites for hydroxylation is 1. The van der Waals surface area contributed by atoms with Gasteiger partial charge in [0.15, 0.2) is 0 Å². The molecule has 3 N–H and O–H groups in total. The minimum atomic E-state index is -0.280. The van der Waals surface area contributed by atoms with Crippen molar-refractivity contribution in [3.63, 3.8) is 0 Å². The Hall–Kier alpha value is -1.85. The number of hydrogen-bond acceptors (Lipinski definition) is 4. The average Bonchev–Trinajstić information content (AvgIpc) is 2.93. The lowest BCUT2D eigenvalue weighted by atomic mass is 10.1. The zero-order valence-corrected chi connectivity index (χ0v) is 11.5. The first-order valence-electron chi connectivity index (χ1n) is 6.04. The van der Waals surface area contributed by atoms with Gasteiger partial charge in [-0.2, -0.15) is 0 Å². The van der Waals surface area contributed by atoms with E-state index in [0.717, 1.165) is 23.3 Å². The van der Waals surface area contributed by atoms with E-state index in [1.165, 1.54) is 11.3 Å². The molecule has 0 aliphatic carbocycles. The van der Waals surface area contributed by atoms with Gasteiger partial charge < -0.3 is 4.74 Å². The topological polar surface area (TPSA) is 64.3 Å². The molecule has 1 aromatic heterocycles. The molecule has 4 nitrogen and oxygen atoms in total. The number of amides is 1. The first-order chi connectivity index (χ1) is 9.26. The van der Waals surface area contributed by atoms with Crippen LogP contribution in [0.3, 0.4) is 0 Å². The van der Waals surface area contributed by atoms with Gasteiger partial charge in [0.05, 0.1) is 4.88 Å². The van der Waals surface area contributed by atoms with Crippen molar-refractivity contribution < 1.29 is 9.53 Å². The summed E-state index contributed by atoms with van der Waals surface area (Å²) in [5.74, 6) is 5.73. The van der Waals surface area contributed by atoms with Crippen LogP contribution in [0.2, 0.25) is 0 Å². The summed E-state index contributed by atoms with van der Waals surface area (Å²) < 4.78 is 5.79. The molecule has 19 heavy (non-hydrogen) atoms. The van der Waals surface area contributed by atoms with Crippen molar-refractivity contribution in [3.8, 4) is 5.75 Å². The summed E-state index contributed by atoms with van der Waals surface area (Å²) in [7, 11) is 0. The minimum Gasteiger partial charge on any atom is -0.489 e. The van der Waals surface area contributed by atoms with E-state index in [1.54, 1.807) is 0 Å². The highest BCUT2D eigenvalue weighted by Crippen LogP contribution is 2.22. The number of nitrogens with one attached hydrogen (secondary N) is 1. The maximum absolute atomic E-state index is 11.5. The van der Waals surface area contributed by atoms with Crippen LogP contribution >= 0.6 is 11.3 Å². The molecule has 0 unspecified atom stereocenters. The lowest BCUT2D eigenvalue weighted by Gasteiger charge is -2.10. The van der Waals surface area contributed by atoms with Gasteiger partial charge in [0.25, 0.3) is 5.91 Å². The average molecular weight is 276 g/mol. The molecule has 0 saturated carbocycles. The van der Waals surface area contributed by atoms with E-state index in [9.17, 15) is 4.79 Å². The van der Waals surface area contributed by atoms with Crippen LogP contribution in [0.25, 0.3) is 0 Å². The third kappa shape index (κ3) is 3.13. The molecule has 5 heteroatoms. The number of rotatable bonds is 5. The Labute approximate surface area is 116 Å². The van der Waals surface area contributed by atoms with Crippen LogP contribution in [0, 0.1) is 0 Å². The number of ether oxygens (including phenoxy) is 1. The lowest BCUT2D eigenvalue weighted by Crippen LogP contribution is -2.30. The second kappa shape index (κ2) is 6.36. The fraction of sp³-hybridized carbons (Fsp3) is 0.214. The van der Waals surface area contributed by atoms with E-state index >= 15 is 0 Å². The molecule has 1 aromatic carbocycles. The Balaban J connectivity index is 2.11. The van der Waals surface area contributed by atoms with E-state index in [-0.39, 0.29) is 5.91 Å². The van der Waals surface area contributed by atoms with E-state index in [1.807, 2.05) is 35.7 Å². The van der Waals surface area contributed by atoms with E-state index < -0.39 is 0 Å². The number of nitrogen functional groups attached to an aromatic ring is 1. The Morgan fingerprint density at radius 2 is 2.11 bits per heavy atom. The van der Waals surface area contributed by atoms with Gasteiger partial charge in [-0.15, -0.1) is 11.3 Å². The summed E-state index contributed by atoms with van der Waals surface area (Å²) in [6.07, 6.45) is 0.913. The normalized spacial score (nSPS) is 10.2. The van der Waals surface area contributed by atoms with Crippen molar-refractivity contribution in [2.24, 2.45) is 5.84 Å². The second-order valence-electron chi connectivity index (χ2n) is 4.00. The van der Waals surface area contributed by atoms with Crippen LogP contribution in [0.4, 0.5) is 0 Å². The van der Waals surface area contributed by atoms with Crippen LogP contribution in [0.15, 0.2) is 35.7 Å². The highest BCUT2D eigenvalue weighted by Gasteiger charge is 2.12. The van der Waals surface area contributed by atoms with Gasteiger partial charge in [-0.05, 0) is 29.5 Å². The van der Waals surface area contributed by atoms with Crippen LogP contribution in [-0.2, 0) is 13.0 Å². The molecule has 0 radical (unpaired) electrons. The monoisotopic (exact) mass is 276 g/mol. The van der Waals surface area contributed by atoms with Crippen LogP contribution in [0.5, 0.6) is 5.75 Å². The molecule has 2 aromatic rings. The maximum Gasteiger partial charge on any atom is 0.275 e. The van der Waals surface area contributed by atoms with E-state index in [2.05, 4.69) is 12.3 Å². The molecule has 2 rings (SSSR count). The van der Waals surface area contributed by atoms with Crippen LogP contribution < -0.4 is 16.0 Å². The van der Waals surface area contributed by atoms with Gasteiger partial charge in [0.1, 0.15) is 12.4 Å². The highest BCUT2D eigenvalue weighted by atomic mass is 32.1. The van der Waals surface area contributed by atoms with Gasteiger partial charge in [0, 0.05) is 5.56 Å². The number of benzene rings is 1. The summed E-state index contributed by atoms with van der Waals surface area (Å²) in [5.41, 5.74) is 4.15. The fourth-order valence-corrected chi connectivity index (χ4v) is 2.62. The number of carbonyl (C=O) groups excluding carboxylic acids is 1. The zero-order chi connectivity index (χ0) is 13.7. The van der Waals surface area contributed by atoms with Crippen LogP contribution in [0.1, 0.15) is 27.7 Å². The van der Waals surface area contributed by atoms with Crippen molar-refractivity contribution in [1.29, 1.82) is 0 Å². The molecular weight excluding hydrogens is 260 g/mol. The molecule has 100 valence electrons. The van der Waals surface area contributed by atoms with E-state index in [4.69, 9.17) is 10.6 Å². The number of hydrazine groups is 1. The molecule has 1 amide bonds. The van der Waals surface area contributed by atoms with Crippen molar-refractivity contribution in [2.75, 3.05) is 0 Å². The van der Waals surface area contributed by atoms with Gasteiger partial charge in [-0.25, -0.2) is 5.84 Å². The molecule has 0 spiro atoms. The Kier molecular flexibility index (Phi) is 4.54. The van der Waals surface area contributed by atoms with Crippen molar-refractivity contribution in [1.82, 2.24) is 5.43 Å². The number of hydrogen-bond donors (Lipinski definition) is 2. The fourth-order valence-electron chi connectivity index (χ4n) is 1.81. The van der Waals surface area contributed by atoms with Gasteiger partial charge in [-0.1, -0.05) is 25.1 Å². The number of para-hydroxylation sites is 1. The third-order valence-corrected chi connectivity index (χ3v) is 3.78. The quantitative estimate of drug-likeness (QED) is 0.501. The predicted molar refractivity (Wildman–Crippen MR) is 76.1 cm³/mol. The Bertz CT molecular complexity index is 566. The van der Waals surface area contributed by atoms with Crippen LogP contribution in [-0.4, -0.2) is 5.91 Å². The molecule has 0 aliphatic heterocycles. The maximum atomic E-state index is 11.5. The van der Waals surface area contributed by atoms with Gasteiger partial charge in [0.2, 0.25) is 0 Å². The first kappa shape index (κ1) is 13.6. The molecule has 0 aliphatic rings. The number of nitrogens with two attached hydrogens (primary N) is 1. The van der Waals surface area contributed by atoms with Gasteiger partial charge >= 0.3 is 0 Å². The standard InChI is InChI=1S/C14H16N2O2S/c1-2-10-5-3-4-6-12(10)18-9-11-7-8-19-13(11)14(17)16-15/h3-8H,2,9,15H2,1H3,(H,16,17). The lowest BCUT2D eigenvalue weighted by molar-refractivity contribution is 0.0955. The SMILES string of the molecule is CCc1ccccc1OCc1ccsc1C(=O)NN. The summed E-state index contributed by atoms with van der Waals surface area (Å²) >= 11 is 1.36. The molecular formula is C14H16N2O2S. The molecule has 0 saturated heterocycles. The summed E-state index contributed by atoms with van der Waals surface area (Å²) in [6.45, 7) is 2.45. The Morgan fingerprint density at radius 3 is 2.84 bits per heavy atom. The molecule has 1 heterocycles. The minimum absolute atomic E-state index is 0.280. The van der Waals surface area contributed by atoms with Crippen molar-refractivity contribution >= 4 is 17.2 Å². The molecule has 0 atom stereocenters. The van der Waals surface area contributed by atoms with Crippen molar-refractivity contribution in [3.05, 3.63) is 51.7 Å². The first-order valence-corrected chi connectivity index (χ1v) is 6.92. The third-order valence-electron chi connectivity index (χ3n) is 2.82. The highest BCUT2D eigenvalue weighted by molar-refractivity contribution is 7.12. The van der Waals surface area contributed by atoms with Gasteiger partial charge in [-0.3, -0.25) is 10.2 Å². The smallest absolute Gasteiger partial charge is 0.275 e.